The van der Waals surface area contributed by atoms with E-state index in [1.165, 1.54) is 0 Å². The van der Waals surface area contributed by atoms with Gasteiger partial charge in [-0.25, -0.2) is 0 Å². The fourth-order valence-electron chi connectivity index (χ4n) is 8.05. The summed E-state index contributed by atoms with van der Waals surface area (Å²) < 4.78 is 19.5. The highest BCUT2D eigenvalue weighted by Crippen LogP contribution is 2.46. The van der Waals surface area contributed by atoms with Gasteiger partial charge in [0.05, 0.1) is 36.4 Å². The summed E-state index contributed by atoms with van der Waals surface area (Å²) in [6.45, 7) is 30.9. The van der Waals surface area contributed by atoms with E-state index >= 15 is 0 Å². The Labute approximate surface area is 250 Å². The van der Waals surface area contributed by atoms with Gasteiger partial charge in [-0.05, 0) is 101 Å². The molecule has 0 bridgehead atoms. The largest absolute Gasteiger partial charge is 0.462 e. The van der Waals surface area contributed by atoms with Gasteiger partial charge < -0.3 is 19.3 Å². The normalized spacial score (nSPS) is 31.2. The number of aliphatic hydroxyl groups is 1. The van der Waals surface area contributed by atoms with Crippen molar-refractivity contribution in [3.05, 3.63) is 0 Å². The molecule has 8 nitrogen and oxygen atoms in total. The van der Waals surface area contributed by atoms with Gasteiger partial charge >= 0.3 is 5.97 Å². The third kappa shape index (κ3) is 8.66. The fourth-order valence-corrected chi connectivity index (χ4v) is 8.05. The van der Waals surface area contributed by atoms with Gasteiger partial charge in [0.25, 0.3) is 0 Å². The van der Waals surface area contributed by atoms with E-state index in [9.17, 15) is 9.90 Å². The summed E-state index contributed by atoms with van der Waals surface area (Å²) in [5.41, 5.74) is -2.58. The first-order chi connectivity index (χ1) is 18.2. The Hall–Kier alpha value is -0.770. The number of hydroxylamine groups is 2. The molecule has 3 fully saturated rings. The Balaban J connectivity index is 1.61. The number of carbonyl (C=O) groups excluding carboxylic acids is 1. The van der Waals surface area contributed by atoms with E-state index in [0.29, 0.717) is 13.0 Å². The van der Waals surface area contributed by atoms with Gasteiger partial charge in [0.2, 0.25) is 0 Å². The van der Waals surface area contributed by atoms with Crippen molar-refractivity contribution >= 4 is 5.97 Å². The van der Waals surface area contributed by atoms with Crippen LogP contribution >= 0.6 is 0 Å². The van der Waals surface area contributed by atoms with E-state index in [1.54, 1.807) is 13.8 Å². The van der Waals surface area contributed by atoms with Crippen LogP contribution in [0.25, 0.3) is 0 Å². The Bertz CT molecular complexity index is 913. The molecule has 3 heterocycles. The second-order valence-electron chi connectivity index (χ2n) is 17.8. The molecule has 3 atom stereocenters. The summed E-state index contributed by atoms with van der Waals surface area (Å²) in [6.07, 6.45) is 3.68. The molecule has 0 aliphatic carbocycles. The number of rotatable bonds is 9. The van der Waals surface area contributed by atoms with Gasteiger partial charge in [-0.2, -0.15) is 5.06 Å². The lowest BCUT2D eigenvalue weighted by atomic mass is 9.76. The molecule has 3 unspecified atom stereocenters. The zero-order valence-electron chi connectivity index (χ0n) is 28.8. The number of fused-ring (bicyclic) bond motifs is 1. The Morgan fingerprint density at radius 1 is 0.854 bits per heavy atom. The lowest BCUT2D eigenvalue weighted by Gasteiger charge is -2.54. The predicted molar refractivity (Wildman–Crippen MR) is 162 cm³/mol. The first kappa shape index (κ1) is 34.7. The minimum Gasteiger partial charge on any atom is -0.462 e. The number of hydrogen-bond donors (Lipinski definition) is 1. The van der Waals surface area contributed by atoms with Crippen molar-refractivity contribution in [2.45, 2.75) is 175 Å². The number of nitrogens with zero attached hydrogens (tertiary/aromatic N) is 2. The van der Waals surface area contributed by atoms with Crippen molar-refractivity contribution in [1.82, 2.24) is 9.96 Å². The van der Waals surface area contributed by atoms with Crippen LogP contribution in [0.4, 0.5) is 0 Å². The Morgan fingerprint density at radius 3 is 1.90 bits per heavy atom. The third-order valence-electron chi connectivity index (χ3n) is 8.86. The average molecular weight is 583 g/mol. The molecule has 0 amide bonds. The van der Waals surface area contributed by atoms with Crippen molar-refractivity contribution in [1.29, 1.82) is 0 Å². The molecule has 8 heteroatoms. The molecule has 3 aliphatic heterocycles. The molecule has 0 radical (unpaired) electrons. The second-order valence-corrected chi connectivity index (χ2v) is 17.8. The van der Waals surface area contributed by atoms with Gasteiger partial charge in [0.1, 0.15) is 11.8 Å². The fraction of sp³-hybridized carbons (Fsp3) is 0.970. The van der Waals surface area contributed by atoms with Crippen LogP contribution in [0.5, 0.6) is 0 Å². The summed E-state index contributed by atoms with van der Waals surface area (Å²) in [5, 5.41) is 12.3. The van der Waals surface area contributed by atoms with E-state index in [4.69, 9.17) is 19.0 Å². The molecule has 0 spiro atoms. The molecule has 1 N–H and O–H groups in total. The number of carbonyl (C=O) groups is 1. The van der Waals surface area contributed by atoms with Gasteiger partial charge in [0.15, 0.2) is 0 Å². The van der Waals surface area contributed by atoms with Gasteiger partial charge in [0, 0.05) is 36.0 Å². The molecule has 3 aliphatic rings. The molecular formula is C33H62N2O6. The zero-order valence-corrected chi connectivity index (χ0v) is 28.8. The van der Waals surface area contributed by atoms with Crippen LogP contribution in [0.15, 0.2) is 0 Å². The van der Waals surface area contributed by atoms with Crippen LogP contribution in [-0.4, -0.2) is 87.1 Å². The van der Waals surface area contributed by atoms with Crippen molar-refractivity contribution < 1.29 is 28.9 Å². The molecule has 41 heavy (non-hydrogen) atoms. The van der Waals surface area contributed by atoms with E-state index in [-0.39, 0.29) is 52.9 Å². The summed E-state index contributed by atoms with van der Waals surface area (Å²) in [5.74, 6) is -0.119. The lowest BCUT2D eigenvalue weighted by Crippen LogP contribution is -2.62. The molecule has 240 valence electrons. The first-order valence-corrected chi connectivity index (χ1v) is 15.7. The van der Waals surface area contributed by atoms with Crippen molar-refractivity contribution in [2.75, 3.05) is 19.8 Å². The van der Waals surface area contributed by atoms with Crippen molar-refractivity contribution in [3.63, 3.8) is 0 Å². The van der Waals surface area contributed by atoms with Crippen LogP contribution in [0.3, 0.4) is 0 Å². The standard InChI is InChI=1S/C33H62N2O6/c1-27(2,3)21-28(4,5)26(36)40-24-17-29(6,7)34-19-25(41-33(34,14)18-24)20-38-23-15-30(8,9)35(31(10,11)16-23)39-22-32(12,13)37/h23-25,37H,15-22H2,1-14H3. The monoisotopic (exact) mass is 582 g/mol. The quantitative estimate of drug-likeness (QED) is 0.327. The maximum Gasteiger partial charge on any atom is 0.311 e. The number of esters is 1. The number of piperidine rings is 2. The molecule has 0 aromatic carbocycles. The average Bonchev–Trinajstić information content (AvgIpc) is 3.05. The summed E-state index contributed by atoms with van der Waals surface area (Å²) in [7, 11) is 0. The van der Waals surface area contributed by atoms with E-state index in [2.05, 4.69) is 79.2 Å². The van der Waals surface area contributed by atoms with Crippen molar-refractivity contribution in [2.24, 2.45) is 10.8 Å². The smallest absolute Gasteiger partial charge is 0.311 e. The molecule has 0 aromatic heterocycles. The summed E-state index contributed by atoms with van der Waals surface area (Å²) in [6, 6.07) is 0. The minimum absolute atomic E-state index is 0.0450. The zero-order chi connectivity index (χ0) is 31.4. The SMILES string of the molecule is CC(C)(C)CC(C)(C)C(=O)OC1CC(C)(C)N2CC(COC3CC(C)(C)N(OCC(C)(C)O)C(C)(C)C3)OC2(C)C1. The highest BCUT2D eigenvalue weighted by Gasteiger charge is 2.56. The third-order valence-corrected chi connectivity index (χ3v) is 8.86. The van der Waals surface area contributed by atoms with Crippen LogP contribution < -0.4 is 0 Å². The van der Waals surface area contributed by atoms with Crippen LogP contribution in [0.1, 0.15) is 129 Å². The highest BCUT2D eigenvalue weighted by molar-refractivity contribution is 5.76. The van der Waals surface area contributed by atoms with Crippen LogP contribution in [0, 0.1) is 10.8 Å². The molecular weight excluding hydrogens is 520 g/mol. The number of hydrogen-bond acceptors (Lipinski definition) is 8. The molecule has 0 aromatic rings. The maximum atomic E-state index is 13.3. The Morgan fingerprint density at radius 2 is 1.39 bits per heavy atom. The summed E-state index contributed by atoms with van der Waals surface area (Å²) in [4.78, 5) is 21.8. The van der Waals surface area contributed by atoms with Crippen LogP contribution in [0.2, 0.25) is 0 Å². The van der Waals surface area contributed by atoms with Gasteiger partial charge in [-0.15, -0.1) is 0 Å². The van der Waals surface area contributed by atoms with Gasteiger partial charge in [-0.3, -0.25) is 14.5 Å². The van der Waals surface area contributed by atoms with E-state index in [1.807, 2.05) is 13.8 Å². The van der Waals surface area contributed by atoms with E-state index in [0.717, 1.165) is 32.2 Å². The van der Waals surface area contributed by atoms with Gasteiger partial charge in [-0.1, -0.05) is 20.8 Å². The van der Waals surface area contributed by atoms with Crippen LogP contribution in [-0.2, 0) is 23.8 Å². The van der Waals surface area contributed by atoms with E-state index < -0.39 is 16.7 Å². The summed E-state index contributed by atoms with van der Waals surface area (Å²) >= 11 is 0. The first-order valence-electron chi connectivity index (χ1n) is 15.7. The Kier molecular flexibility index (Phi) is 9.57. The second kappa shape index (κ2) is 11.3. The van der Waals surface area contributed by atoms with Crippen molar-refractivity contribution in [3.8, 4) is 0 Å². The maximum absolute atomic E-state index is 13.3. The lowest BCUT2D eigenvalue weighted by molar-refractivity contribution is -0.309. The minimum atomic E-state index is -0.894. The number of ether oxygens (including phenoxy) is 3. The molecule has 0 saturated carbocycles. The molecule has 3 rings (SSSR count). The predicted octanol–water partition coefficient (Wildman–Crippen LogP) is 6.09. The molecule has 3 saturated heterocycles. The highest BCUT2D eigenvalue weighted by atomic mass is 16.7. The topological polar surface area (TPSA) is 80.7 Å².